The number of piperidine rings is 1. The van der Waals surface area contributed by atoms with E-state index in [4.69, 9.17) is 0 Å². The Morgan fingerprint density at radius 1 is 1.33 bits per heavy atom. The summed E-state index contributed by atoms with van der Waals surface area (Å²) in [6, 6.07) is 0.274. The Labute approximate surface area is 92.0 Å². The zero-order valence-electron chi connectivity index (χ0n) is 10.2. The average molecular weight is 214 g/mol. The van der Waals surface area contributed by atoms with Gasteiger partial charge in [-0.15, -0.1) is 0 Å². The van der Waals surface area contributed by atoms with Gasteiger partial charge in [0, 0.05) is 24.7 Å². The molecule has 0 aromatic carbocycles. The Hall–Kier alpha value is -0.770. The fourth-order valence-corrected chi connectivity index (χ4v) is 1.92. The lowest BCUT2D eigenvalue weighted by Gasteiger charge is -2.40. The van der Waals surface area contributed by atoms with Crippen molar-refractivity contribution in [2.24, 2.45) is 0 Å². The number of ether oxygens (including phenoxy) is 1. The largest absolute Gasteiger partial charge is 0.453 e. The predicted molar refractivity (Wildman–Crippen MR) is 59.9 cm³/mol. The van der Waals surface area contributed by atoms with Gasteiger partial charge in [-0.3, -0.25) is 4.90 Å². The highest BCUT2D eigenvalue weighted by Gasteiger charge is 2.27. The molecule has 1 N–H and O–H groups in total. The van der Waals surface area contributed by atoms with Crippen molar-refractivity contribution in [1.82, 2.24) is 10.2 Å². The highest BCUT2D eigenvalue weighted by molar-refractivity contribution is 5.67. The minimum atomic E-state index is -0.316. The molecular weight excluding hydrogens is 192 g/mol. The Morgan fingerprint density at radius 3 is 2.27 bits per heavy atom. The third kappa shape index (κ3) is 3.70. The summed E-state index contributed by atoms with van der Waals surface area (Å²) in [6.07, 6.45) is 1.70. The van der Waals surface area contributed by atoms with Gasteiger partial charge >= 0.3 is 6.09 Å². The molecule has 1 aliphatic rings. The number of amides is 1. The highest BCUT2D eigenvalue weighted by atomic mass is 16.5. The van der Waals surface area contributed by atoms with Crippen LogP contribution >= 0.6 is 0 Å². The van der Waals surface area contributed by atoms with E-state index in [1.54, 1.807) is 0 Å². The van der Waals surface area contributed by atoms with Crippen LogP contribution in [0.3, 0.4) is 0 Å². The van der Waals surface area contributed by atoms with Crippen LogP contribution in [0, 0.1) is 0 Å². The highest BCUT2D eigenvalue weighted by Crippen LogP contribution is 2.19. The first-order chi connectivity index (χ1) is 6.93. The number of nitrogens with zero attached hydrogens (tertiary/aromatic N) is 1. The molecule has 88 valence electrons. The third-order valence-electron chi connectivity index (χ3n) is 2.95. The summed E-state index contributed by atoms with van der Waals surface area (Å²) in [4.78, 5) is 13.5. The quantitative estimate of drug-likeness (QED) is 0.721. The van der Waals surface area contributed by atoms with E-state index in [2.05, 4.69) is 35.7 Å². The van der Waals surface area contributed by atoms with Gasteiger partial charge in [0.05, 0.1) is 7.11 Å². The van der Waals surface area contributed by atoms with Crippen molar-refractivity contribution in [2.45, 2.75) is 45.2 Å². The summed E-state index contributed by atoms with van der Waals surface area (Å²) in [5, 5.41) is 2.85. The predicted octanol–water partition coefficient (Wildman–Crippen LogP) is 1.61. The van der Waals surface area contributed by atoms with Crippen molar-refractivity contribution < 1.29 is 9.53 Å². The van der Waals surface area contributed by atoms with Crippen LogP contribution in [0.4, 0.5) is 4.79 Å². The van der Waals surface area contributed by atoms with Crippen molar-refractivity contribution in [2.75, 3.05) is 20.2 Å². The van der Waals surface area contributed by atoms with Crippen LogP contribution in [-0.4, -0.2) is 42.8 Å². The molecule has 1 fully saturated rings. The maximum Gasteiger partial charge on any atom is 0.407 e. The lowest BCUT2D eigenvalue weighted by Crippen LogP contribution is -2.50. The molecule has 1 saturated heterocycles. The van der Waals surface area contributed by atoms with Crippen LogP contribution in [0.5, 0.6) is 0 Å². The van der Waals surface area contributed by atoms with E-state index >= 15 is 0 Å². The lowest BCUT2D eigenvalue weighted by atomic mass is 9.98. The van der Waals surface area contributed by atoms with Gasteiger partial charge in [-0.25, -0.2) is 4.79 Å². The van der Waals surface area contributed by atoms with E-state index in [-0.39, 0.29) is 17.7 Å². The number of carbonyl (C=O) groups is 1. The number of nitrogens with one attached hydrogen (secondary N) is 1. The molecule has 0 aromatic rings. The van der Waals surface area contributed by atoms with E-state index in [0.717, 1.165) is 25.9 Å². The maximum atomic E-state index is 11.0. The zero-order valence-corrected chi connectivity index (χ0v) is 10.2. The van der Waals surface area contributed by atoms with Crippen LogP contribution < -0.4 is 5.32 Å². The Kier molecular flexibility index (Phi) is 3.97. The van der Waals surface area contributed by atoms with E-state index in [0.29, 0.717) is 0 Å². The molecule has 1 rings (SSSR count). The minimum absolute atomic E-state index is 0.232. The molecule has 4 nitrogen and oxygen atoms in total. The monoisotopic (exact) mass is 214 g/mol. The molecule has 0 unspecified atom stereocenters. The summed E-state index contributed by atoms with van der Waals surface area (Å²) >= 11 is 0. The first-order valence-corrected chi connectivity index (χ1v) is 5.53. The van der Waals surface area contributed by atoms with Gasteiger partial charge in [-0.05, 0) is 33.6 Å². The molecule has 15 heavy (non-hydrogen) atoms. The minimum Gasteiger partial charge on any atom is -0.453 e. The molecule has 0 atom stereocenters. The molecule has 0 radical (unpaired) electrons. The van der Waals surface area contributed by atoms with Crippen LogP contribution in [0.2, 0.25) is 0 Å². The fourth-order valence-electron chi connectivity index (χ4n) is 1.92. The van der Waals surface area contributed by atoms with Gasteiger partial charge in [0.1, 0.15) is 0 Å². The number of methoxy groups -OCH3 is 1. The van der Waals surface area contributed by atoms with Crippen LogP contribution in [-0.2, 0) is 4.74 Å². The second-order valence-electron chi connectivity index (χ2n) is 5.07. The molecule has 1 amide bonds. The molecular formula is C11H22N2O2. The van der Waals surface area contributed by atoms with Crippen LogP contribution in [0.1, 0.15) is 33.6 Å². The van der Waals surface area contributed by atoms with Gasteiger partial charge in [-0.1, -0.05) is 0 Å². The molecule has 1 aliphatic heterocycles. The summed E-state index contributed by atoms with van der Waals surface area (Å²) in [7, 11) is 1.40. The summed E-state index contributed by atoms with van der Waals surface area (Å²) in [6.45, 7) is 8.75. The Bertz CT molecular complexity index is 215. The molecule has 4 heteroatoms. The maximum absolute atomic E-state index is 11.0. The van der Waals surface area contributed by atoms with Crippen LogP contribution in [0.25, 0.3) is 0 Å². The average Bonchev–Trinajstić information content (AvgIpc) is 2.17. The van der Waals surface area contributed by atoms with Crippen molar-refractivity contribution in [3.05, 3.63) is 0 Å². The number of hydrogen-bond donors (Lipinski definition) is 1. The second-order valence-corrected chi connectivity index (χ2v) is 5.07. The number of rotatable bonds is 1. The van der Waals surface area contributed by atoms with Gasteiger partial charge in [0.15, 0.2) is 0 Å². The normalized spacial score (nSPS) is 20.0. The van der Waals surface area contributed by atoms with E-state index < -0.39 is 0 Å². The SMILES string of the molecule is COC(=O)NC1CCN(C(C)(C)C)CC1. The van der Waals surface area contributed by atoms with Crippen molar-refractivity contribution in [3.63, 3.8) is 0 Å². The molecule has 0 bridgehead atoms. The molecule has 1 heterocycles. The summed E-state index contributed by atoms with van der Waals surface area (Å²) < 4.78 is 4.58. The van der Waals surface area contributed by atoms with E-state index in [1.165, 1.54) is 7.11 Å². The first kappa shape index (κ1) is 12.3. The van der Waals surface area contributed by atoms with Crippen LogP contribution in [0.15, 0.2) is 0 Å². The second kappa shape index (κ2) is 4.84. The van der Waals surface area contributed by atoms with Gasteiger partial charge in [-0.2, -0.15) is 0 Å². The molecule has 0 spiro atoms. The summed E-state index contributed by atoms with van der Waals surface area (Å²) in [5.74, 6) is 0. The van der Waals surface area contributed by atoms with Crippen molar-refractivity contribution in [3.8, 4) is 0 Å². The summed E-state index contributed by atoms with van der Waals surface area (Å²) in [5.41, 5.74) is 0.232. The Morgan fingerprint density at radius 2 is 1.87 bits per heavy atom. The topological polar surface area (TPSA) is 41.6 Å². The number of hydrogen-bond acceptors (Lipinski definition) is 3. The standard InChI is InChI=1S/C11H22N2O2/c1-11(2,3)13-7-5-9(6-8-13)12-10(14)15-4/h9H,5-8H2,1-4H3,(H,12,14). The van der Waals surface area contributed by atoms with Gasteiger partial charge in [0.2, 0.25) is 0 Å². The zero-order chi connectivity index (χ0) is 11.5. The fraction of sp³-hybridized carbons (Fsp3) is 0.909. The van der Waals surface area contributed by atoms with E-state index in [1.807, 2.05) is 0 Å². The molecule has 0 saturated carbocycles. The van der Waals surface area contributed by atoms with Crippen molar-refractivity contribution in [1.29, 1.82) is 0 Å². The number of likely N-dealkylation sites (tertiary alicyclic amines) is 1. The number of alkyl carbamates (subject to hydrolysis) is 1. The molecule has 0 aliphatic carbocycles. The molecule has 0 aromatic heterocycles. The van der Waals surface area contributed by atoms with Gasteiger partial charge < -0.3 is 10.1 Å². The number of carbonyl (C=O) groups excluding carboxylic acids is 1. The van der Waals surface area contributed by atoms with Gasteiger partial charge in [0.25, 0.3) is 0 Å². The Balaban J connectivity index is 2.33. The first-order valence-electron chi connectivity index (χ1n) is 5.53. The van der Waals surface area contributed by atoms with E-state index in [9.17, 15) is 4.79 Å². The smallest absolute Gasteiger partial charge is 0.407 e. The third-order valence-corrected chi connectivity index (χ3v) is 2.95. The lowest BCUT2D eigenvalue weighted by molar-refractivity contribution is 0.0934. The van der Waals surface area contributed by atoms with Crippen molar-refractivity contribution >= 4 is 6.09 Å².